The Bertz CT molecular complexity index is 1130. The number of ether oxygens (including phenoxy) is 1. The van der Waals surface area contributed by atoms with Gasteiger partial charge < -0.3 is 4.74 Å². The van der Waals surface area contributed by atoms with Crippen LogP contribution in [0.2, 0.25) is 10.0 Å². The largest absolute Gasteiger partial charge is 0.479 e. The van der Waals surface area contributed by atoms with Gasteiger partial charge in [-0.1, -0.05) is 65.7 Å². The quantitative estimate of drug-likeness (QED) is 0.357. The van der Waals surface area contributed by atoms with E-state index < -0.39 is 17.9 Å². The summed E-state index contributed by atoms with van der Waals surface area (Å²) in [7, 11) is 0. The van der Waals surface area contributed by atoms with E-state index in [1.807, 2.05) is 42.5 Å². The third-order valence-corrected chi connectivity index (χ3v) is 5.08. The summed E-state index contributed by atoms with van der Waals surface area (Å²) in [6, 6.07) is 21.6. The van der Waals surface area contributed by atoms with E-state index in [2.05, 4.69) is 16.2 Å². The van der Waals surface area contributed by atoms with Gasteiger partial charge in [-0.15, -0.1) is 0 Å². The summed E-state index contributed by atoms with van der Waals surface area (Å²) in [5.41, 5.74) is 7.33. The lowest BCUT2D eigenvalue weighted by Crippen LogP contribution is -2.51. The van der Waals surface area contributed by atoms with Gasteiger partial charge in [0.15, 0.2) is 11.2 Å². The number of hydrogen-bond donors (Lipinski definition) is 3. The topological polar surface area (TPSA) is 79.5 Å². The third kappa shape index (κ3) is 6.43. The van der Waals surface area contributed by atoms with Crippen molar-refractivity contribution in [3.8, 4) is 16.9 Å². The Kier molecular flexibility index (Phi) is 8.05. The van der Waals surface area contributed by atoms with Crippen LogP contribution in [0.5, 0.6) is 5.75 Å². The molecule has 0 heterocycles. The molecule has 0 saturated carbocycles. The van der Waals surface area contributed by atoms with Crippen LogP contribution in [0.25, 0.3) is 11.1 Å². The molecule has 6 nitrogen and oxygen atoms in total. The van der Waals surface area contributed by atoms with Crippen LogP contribution in [0.15, 0.2) is 72.8 Å². The van der Waals surface area contributed by atoms with E-state index in [4.69, 9.17) is 40.2 Å². The first kappa shape index (κ1) is 23.5. The van der Waals surface area contributed by atoms with Crippen LogP contribution in [-0.2, 0) is 4.79 Å². The molecular formula is C23H19Cl2N3O3S. The zero-order chi connectivity index (χ0) is 23.1. The molecule has 9 heteroatoms. The molecule has 3 rings (SSSR count). The predicted octanol–water partition coefficient (Wildman–Crippen LogP) is 4.76. The lowest BCUT2D eigenvalue weighted by molar-refractivity contribution is -0.127. The van der Waals surface area contributed by atoms with Gasteiger partial charge in [0.05, 0.1) is 5.02 Å². The maximum absolute atomic E-state index is 12.4. The van der Waals surface area contributed by atoms with Crippen LogP contribution in [0, 0.1) is 0 Å². The van der Waals surface area contributed by atoms with Gasteiger partial charge in [0.25, 0.3) is 11.8 Å². The maximum atomic E-state index is 12.4. The Morgan fingerprint density at radius 3 is 2.22 bits per heavy atom. The number of hydrazine groups is 1. The fourth-order valence-corrected chi connectivity index (χ4v) is 3.28. The fraction of sp³-hybridized carbons (Fsp3) is 0.0870. The van der Waals surface area contributed by atoms with Gasteiger partial charge in [-0.05, 0) is 60.6 Å². The van der Waals surface area contributed by atoms with Gasteiger partial charge in [-0.3, -0.25) is 25.8 Å². The number of hydrogen-bond acceptors (Lipinski definition) is 4. The molecule has 1 unspecified atom stereocenters. The number of nitrogens with one attached hydrogen (secondary N) is 3. The van der Waals surface area contributed by atoms with E-state index in [-0.39, 0.29) is 10.1 Å². The monoisotopic (exact) mass is 487 g/mol. The highest BCUT2D eigenvalue weighted by molar-refractivity contribution is 7.80. The zero-order valence-electron chi connectivity index (χ0n) is 16.9. The Hall–Kier alpha value is -3.13. The molecule has 0 radical (unpaired) electrons. The highest BCUT2D eigenvalue weighted by Crippen LogP contribution is 2.28. The number of carbonyl (C=O) groups excluding carboxylic acids is 2. The normalized spacial score (nSPS) is 11.2. The Morgan fingerprint density at radius 2 is 1.56 bits per heavy atom. The van der Waals surface area contributed by atoms with E-state index in [0.29, 0.717) is 16.3 Å². The van der Waals surface area contributed by atoms with Crippen molar-refractivity contribution in [2.24, 2.45) is 0 Å². The predicted molar refractivity (Wildman–Crippen MR) is 130 cm³/mol. The Morgan fingerprint density at radius 1 is 0.906 bits per heavy atom. The minimum atomic E-state index is -0.884. The molecule has 0 aliphatic carbocycles. The summed E-state index contributed by atoms with van der Waals surface area (Å²) < 4.78 is 5.52. The van der Waals surface area contributed by atoms with Crippen molar-refractivity contribution in [3.05, 3.63) is 88.4 Å². The minimum absolute atomic E-state index is 0.0628. The molecule has 0 aromatic heterocycles. The molecule has 32 heavy (non-hydrogen) atoms. The van der Waals surface area contributed by atoms with Crippen molar-refractivity contribution in [1.82, 2.24) is 16.2 Å². The minimum Gasteiger partial charge on any atom is -0.479 e. The highest BCUT2D eigenvalue weighted by Gasteiger charge is 2.17. The summed E-state index contributed by atoms with van der Waals surface area (Å²) in [4.78, 5) is 24.6. The van der Waals surface area contributed by atoms with Gasteiger partial charge in [0.2, 0.25) is 0 Å². The fourth-order valence-electron chi connectivity index (χ4n) is 2.69. The molecular weight excluding hydrogens is 469 g/mol. The molecule has 0 aliphatic rings. The molecule has 2 amide bonds. The number of benzene rings is 3. The first-order chi connectivity index (χ1) is 15.3. The molecule has 3 aromatic carbocycles. The molecule has 0 bridgehead atoms. The van der Waals surface area contributed by atoms with Gasteiger partial charge in [-0.2, -0.15) is 0 Å². The standard InChI is InChI=1S/C23H19Cl2N3O3S/c1-14(31-20-12-11-18(24)13-19(20)25)21(29)27-28-23(32)26-22(30)17-9-7-16(8-10-17)15-5-3-2-4-6-15/h2-14H,1H3,(H,27,29)(H2,26,28,30,32). The Labute approximate surface area is 200 Å². The smallest absolute Gasteiger partial charge is 0.279 e. The van der Waals surface area contributed by atoms with E-state index in [1.165, 1.54) is 13.0 Å². The van der Waals surface area contributed by atoms with Crippen molar-refractivity contribution in [1.29, 1.82) is 0 Å². The number of amides is 2. The summed E-state index contributed by atoms with van der Waals surface area (Å²) in [6.07, 6.45) is -0.884. The molecule has 1 atom stereocenters. The summed E-state index contributed by atoms with van der Waals surface area (Å²) in [5.74, 6) is -0.609. The van der Waals surface area contributed by atoms with Crippen molar-refractivity contribution in [3.63, 3.8) is 0 Å². The third-order valence-electron chi connectivity index (χ3n) is 4.35. The van der Waals surface area contributed by atoms with Gasteiger partial charge >= 0.3 is 0 Å². The average molecular weight is 488 g/mol. The van der Waals surface area contributed by atoms with Crippen LogP contribution >= 0.6 is 35.4 Å². The summed E-state index contributed by atoms with van der Waals surface area (Å²) in [6.45, 7) is 1.54. The van der Waals surface area contributed by atoms with Gasteiger partial charge in [0.1, 0.15) is 5.75 Å². The molecule has 0 spiro atoms. The molecule has 0 aliphatic heterocycles. The van der Waals surface area contributed by atoms with Gasteiger partial charge in [0, 0.05) is 10.6 Å². The number of carbonyl (C=O) groups is 2. The van der Waals surface area contributed by atoms with Crippen LogP contribution in [0.4, 0.5) is 0 Å². The van der Waals surface area contributed by atoms with Crippen LogP contribution in [0.3, 0.4) is 0 Å². The van der Waals surface area contributed by atoms with E-state index in [9.17, 15) is 9.59 Å². The van der Waals surface area contributed by atoms with Crippen molar-refractivity contribution in [2.45, 2.75) is 13.0 Å². The maximum Gasteiger partial charge on any atom is 0.279 e. The van der Waals surface area contributed by atoms with E-state index in [1.54, 1.807) is 24.3 Å². The molecule has 164 valence electrons. The highest BCUT2D eigenvalue weighted by atomic mass is 35.5. The summed E-state index contributed by atoms with van der Waals surface area (Å²) >= 11 is 17.0. The van der Waals surface area contributed by atoms with Crippen LogP contribution in [0.1, 0.15) is 17.3 Å². The molecule has 0 fully saturated rings. The van der Waals surface area contributed by atoms with E-state index >= 15 is 0 Å². The molecule has 3 N–H and O–H groups in total. The second kappa shape index (κ2) is 10.9. The summed E-state index contributed by atoms with van der Waals surface area (Å²) in [5, 5.41) is 3.18. The SMILES string of the molecule is CC(Oc1ccc(Cl)cc1Cl)C(=O)NNC(=S)NC(=O)c1ccc(-c2ccccc2)cc1. The lowest BCUT2D eigenvalue weighted by Gasteiger charge is -2.17. The van der Waals surface area contributed by atoms with Crippen molar-refractivity contribution < 1.29 is 14.3 Å². The lowest BCUT2D eigenvalue weighted by atomic mass is 10.0. The Balaban J connectivity index is 1.48. The number of rotatable bonds is 5. The second-order valence-electron chi connectivity index (χ2n) is 6.68. The van der Waals surface area contributed by atoms with Crippen LogP contribution < -0.4 is 20.9 Å². The average Bonchev–Trinajstić information content (AvgIpc) is 2.80. The molecule has 0 saturated heterocycles. The number of halogens is 2. The van der Waals surface area contributed by atoms with Crippen LogP contribution in [-0.4, -0.2) is 23.0 Å². The van der Waals surface area contributed by atoms with E-state index in [0.717, 1.165) is 11.1 Å². The number of thiocarbonyl (C=S) groups is 1. The second-order valence-corrected chi connectivity index (χ2v) is 7.93. The first-order valence-corrected chi connectivity index (χ1v) is 10.7. The van der Waals surface area contributed by atoms with Crippen molar-refractivity contribution in [2.75, 3.05) is 0 Å². The van der Waals surface area contributed by atoms with Crippen molar-refractivity contribution >= 4 is 52.3 Å². The first-order valence-electron chi connectivity index (χ1n) is 9.52. The zero-order valence-corrected chi connectivity index (χ0v) is 19.2. The molecule has 3 aromatic rings. The van der Waals surface area contributed by atoms with Gasteiger partial charge in [-0.25, -0.2) is 0 Å².